The Morgan fingerprint density at radius 1 is 0.957 bits per heavy atom. The minimum Gasteiger partial charge on any atom is -0.324 e. The summed E-state index contributed by atoms with van der Waals surface area (Å²) in [5.41, 5.74) is 3.29. The molecule has 1 aromatic heterocycles. The number of aryl methyl sites for hydroxylation is 1. The second kappa shape index (κ2) is 6.30. The van der Waals surface area contributed by atoms with Crippen molar-refractivity contribution in [2.24, 2.45) is 0 Å². The third-order valence-corrected chi connectivity index (χ3v) is 4.72. The van der Waals surface area contributed by atoms with E-state index in [4.69, 9.17) is 0 Å². The lowest BCUT2D eigenvalue weighted by atomic mass is 10.2. The van der Waals surface area contributed by atoms with E-state index in [9.17, 15) is 8.42 Å². The highest BCUT2D eigenvalue weighted by molar-refractivity contribution is 7.91. The summed E-state index contributed by atoms with van der Waals surface area (Å²) in [5, 5.41) is 0. The first-order chi connectivity index (χ1) is 11.0. The van der Waals surface area contributed by atoms with Crippen LogP contribution in [0.25, 0.3) is 5.69 Å². The summed E-state index contributed by atoms with van der Waals surface area (Å²) >= 11 is 0. The second-order valence-corrected chi connectivity index (χ2v) is 7.21. The Morgan fingerprint density at radius 3 is 2.43 bits per heavy atom. The van der Waals surface area contributed by atoms with Gasteiger partial charge in [-0.3, -0.25) is 4.72 Å². The van der Waals surface area contributed by atoms with Crippen molar-refractivity contribution in [2.45, 2.75) is 12.7 Å². The maximum absolute atomic E-state index is 12.4. The predicted octanol–water partition coefficient (Wildman–Crippen LogP) is 3.73. The molecule has 0 radical (unpaired) electrons. The molecule has 0 unspecified atom stereocenters. The summed E-state index contributed by atoms with van der Waals surface area (Å²) < 4.78 is 29.3. The van der Waals surface area contributed by atoms with Gasteiger partial charge in [0.2, 0.25) is 10.0 Å². The smallest absolute Gasteiger partial charge is 0.236 e. The Kier molecular flexibility index (Phi) is 4.21. The van der Waals surface area contributed by atoms with Crippen LogP contribution in [0.2, 0.25) is 0 Å². The van der Waals surface area contributed by atoms with E-state index in [2.05, 4.69) is 4.72 Å². The number of rotatable bonds is 5. The lowest BCUT2D eigenvalue weighted by molar-refractivity contribution is 0.600. The molecule has 4 nitrogen and oxygen atoms in total. The molecule has 0 saturated heterocycles. The molecule has 2 aromatic carbocycles. The molecular weight excluding hydrogens is 308 g/mol. The van der Waals surface area contributed by atoms with Crippen LogP contribution in [0, 0.1) is 6.92 Å². The van der Waals surface area contributed by atoms with E-state index in [0.29, 0.717) is 5.69 Å². The summed E-state index contributed by atoms with van der Waals surface area (Å²) in [6, 6.07) is 18.7. The van der Waals surface area contributed by atoms with E-state index in [1.165, 1.54) is 0 Å². The van der Waals surface area contributed by atoms with Crippen molar-refractivity contribution in [3.8, 4) is 5.69 Å². The molecule has 118 valence electrons. The van der Waals surface area contributed by atoms with Gasteiger partial charge in [0, 0.05) is 18.1 Å². The molecular formula is C18H18N2O2S. The molecule has 0 saturated carbocycles. The number of hydrogen-bond acceptors (Lipinski definition) is 2. The van der Waals surface area contributed by atoms with E-state index >= 15 is 0 Å². The fraction of sp³-hybridized carbons (Fsp3) is 0.111. The monoisotopic (exact) mass is 326 g/mol. The zero-order valence-electron chi connectivity index (χ0n) is 12.8. The molecule has 1 heterocycles. The van der Waals surface area contributed by atoms with Crippen LogP contribution in [0.4, 0.5) is 5.69 Å². The topological polar surface area (TPSA) is 51.1 Å². The lowest BCUT2D eigenvalue weighted by Crippen LogP contribution is -2.15. The van der Waals surface area contributed by atoms with Gasteiger partial charge < -0.3 is 4.57 Å². The molecule has 3 aromatic rings. The predicted molar refractivity (Wildman–Crippen MR) is 93.2 cm³/mol. The van der Waals surface area contributed by atoms with Crippen molar-refractivity contribution in [3.63, 3.8) is 0 Å². The fourth-order valence-corrected chi connectivity index (χ4v) is 3.65. The van der Waals surface area contributed by atoms with Crippen molar-refractivity contribution in [1.82, 2.24) is 4.57 Å². The summed E-state index contributed by atoms with van der Waals surface area (Å²) in [7, 11) is -3.45. The van der Waals surface area contributed by atoms with Gasteiger partial charge in [-0.2, -0.15) is 0 Å². The average molecular weight is 326 g/mol. The average Bonchev–Trinajstić information content (AvgIpc) is 3.00. The molecule has 3 rings (SSSR count). The van der Waals surface area contributed by atoms with E-state index in [-0.39, 0.29) is 5.75 Å². The molecule has 0 spiro atoms. The third kappa shape index (κ3) is 4.02. The van der Waals surface area contributed by atoms with Gasteiger partial charge in [0.15, 0.2) is 0 Å². The Bertz CT molecular complexity index is 900. The highest BCUT2D eigenvalue weighted by atomic mass is 32.2. The number of benzene rings is 2. The number of aromatic nitrogens is 1. The fourth-order valence-electron chi connectivity index (χ4n) is 2.47. The van der Waals surface area contributed by atoms with Gasteiger partial charge in [-0.1, -0.05) is 35.9 Å². The lowest BCUT2D eigenvalue weighted by Gasteiger charge is -2.10. The standard InChI is InChI=1S/C18H18N2O2S/c1-15-6-4-7-16(12-15)14-23(21,22)19-17-8-5-9-18(13-17)20-10-2-3-11-20/h2-13,19H,14H2,1H3. The van der Waals surface area contributed by atoms with E-state index in [1.807, 2.05) is 78.5 Å². The highest BCUT2D eigenvalue weighted by Gasteiger charge is 2.12. The molecule has 5 heteroatoms. The van der Waals surface area contributed by atoms with Crippen molar-refractivity contribution >= 4 is 15.7 Å². The van der Waals surface area contributed by atoms with Gasteiger partial charge in [-0.25, -0.2) is 8.42 Å². The van der Waals surface area contributed by atoms with Crippen LogP contribution >= 0.6 is 0 Å². The number of nitrogens with one attached hydrogen (secondary N) is 1. The SMILES string of the molecule is Cc1cccc(CS(=O)(=O)Nc2cccc(-n3cccc3)c2)c1. The summed E-state index contributed by atoms with van der Waals surface area (Å²) in [5.74, 6) is -0.0393. The molecule has 0 aliphatic heterocycles. The molecule has 0 aliphatic rings. The zero-order valence-corrected chi connectivity index (χ0v) is 13.6. The van der Waals surface area contributed by atoms with E-state index < -0.39 is 10.0 Å². The van der Waals surface area contributed by atoms with Crippen molar-refractivity contribution < 1.29 is 8.42 Å². The van der Waals surface area contributed by atoms with Crippen LogP contribution in [-0.4, -0.2) is 13.0 Å². The molecule has 0 fully saturated rings. The van der Waals surface area contributed by atoms with E-state index in [0.717, 1.165) is 16.8 Å². The number of hydrogen-bond donors (Lipinski definition) is 1. The summed E-state index contributed by atoms with van der Waals surface area (Å²) in [6.45, 7) is 1.95. The Balaban J connectivity index is 1.79. The van der Waals surface area contributed by atoms with Gasteiger partial charge in [-0.05, 0) is 42.8 Å². The van der Waals surface area contributed by atoms with Gasteiger partial charge in [0.1, 0.15) is 0 Å². The van der Waals surface area contributed by atoms with Crippen LogP contribution < -0.4 is 4.72 Å². The van der Waals surface area contributed by atoms with Crippen LogP contribution in [0.5, 0.6) is 0 Å². The number of sulfonamides is 1. The molecule has 1 N–H and O–H groups in total. The molecule has 23 heavy (non-hydrogen) atoms. The van der Waals surface area contributed by atoms with Gasteiger partial charge in [0.05, 0.1) is 11.4 Å². The Morgan fingerprint density at radius 2 is 1.70 bits per heavy atom. The maximum Gasteiger partial charge on any atom is 0.236 e. The van der Waals surface area contributed by atoms with Gasteiger partial charge in [0.25, 0.3) is 0 Å². The Labute approximate surface area is 136 Å². The third-order valence-electron chi connectivity index (χ3n) is 3.46. The largest absolute Gasteiger partial charge is 0.324 e. The first-order valence-corrected chi connectivity index (χ1v) is 8.96. The molecule has 0 amide bonds. The van der Waals surface area contributed by atoms with Crippen molar-refractivity contribution in [1.29, 1.82) is 0 Å². The van der Waals surface area contributed by atoms with Crippen LogP contribution in [0.15, 0.2) is 73.1 Å². The minimum atomic E-state index is -3.45. The second-order valence-electron chi connectivity index (χ2n) is 5.49. The normalized spacial score (nSPS) is 11.3. The molecule has 0 atom stereocenters. The van der Waals surface area contributed by atoms with Crippen molar-refractivity contribution in [3.05, 3.63) is 84.2 Å². The minimum absolute atomic E-state index is 0.0393. The van der Waals surface area contributed by atoms with E-state index in [1.54, 1.807) is 6.07 Å². The van der Waals surface area contributed by atoms with Crippen molar-refractivity contribution in [2.75, 3.05) is 4.72 Å². The molecule has 0 aliphatic carbocycles. The van der Waals surface area contributed by atoms with Gasteiger partial charge in [-0.15, -0.1) is 0 Å². The Hall–Kier alpha value is -2.53. The quantitative estimate of drug-likeness (QED) is 0.777. The number of nitrogens with zero attached hydrogens (tertiary/aromatic N) is 1. The van der Waals surface area contributed by atoms with Crippen LogP contribution in [0.1, 0.15) is 11.1 Å². The van der Waals surface area contributed by atoms with Gasteiger partial charge >= 0.3 is 0 Å². The summed E-state index contributed by atoms with van der Waals surface area (Å²) in [6.07, 6.45) is 3.83. The summed E-state index contributed by atoms with van der Waals surface area (Å²) in [4.78, 5) is 0. The zero-order chi connectivity index (χ0) is 16.3. The van der Waals surface area contributed by atoms with Crippen LogP contribution in [0.3, 0.4) is 0 Å². The number of anilines is 1. The molecule has 0 bridgehead atoms. The van der Waals surface area contributed by atoms with Crippen LogP contribution in [-0.2, 0) is 15.8 Å². The first kappa shape index (κ1) is 15.4. The first-order valence-electron chi connectivity index (χ1n) is 7.31. The maximum atomic E-state index is 12.4. The highest BCUT2D eigenvalue weighted by Crippen LogP contribution is 2.18.